The van der Waals surface area contributed by atoms with E-state index in [1.165, 1.54) is 0 Å². The van der Waals surface area contributed by atoms with Crippen molar-refractivity contribution in [3.05, 3.63) is 64.2 Å². The summed E-state index contributed by atoms with van der Waals surface area (Å²) >= 11 is 0. The van der Waals surface area contributed by atoms with E-state index in [-0.39, 0.29) is 11.6 Å². The Morgan fingerprint density at radius 2 is 1.85 bits per heavy atom. The quantitative estimate of drug-likeness (QED) is 0.737. The van der Waals surface area contributed by atoms with E-state index in [0.717, 1.165) is 5.56 Å². The number of para-hydroxylation sites is 1. The van der Waals surface area contributed by atoms with Gasteiger partial charge < -0.3 is 14.5 Å². The summed E-state index contributed by atoms with van der Waals surface area (Å²) in [5.41, 5.74) is 1.68. The monoisotopic (exact) mass is 353 g/mol. The summed E-state index contributed by atoms with van der Waals surface area (Å²) in [4.78, 5) is 21.9. The number of ether oxygens (including phenoxy) is 2. The smallest absolute Gasteiger partial charge is 0.258 e. The van der Waals surface area contributed by atoms with Crippen LogP contribution in [-0.2, 0) is 6.54 Å². The van der Waals surface area contributed by atoms with Crippen LogP contribution >= 0.6 is 0 Å². The second-order valence-corrected chi connectivity index (χ2v) is 6.25. The van der Waals surface area contributed by atoms with Crippen molar-refractivity contribution >= 4 is 10.9 Å². The van der Waals surface area contributed by atoms with Gasteiger partial charge in [0.1, 0.15) is 5.82 Å². The van der Waals surface area contributed by atoms with Crippen molar-refractivity contribution in [2.75, 3.05) is 21.3 Å². The van der Waals surface area contributed by atoms with Crippen molar-refractivity contribution < 1.29 is 9.47 Å². The van der Waals surface area contributed by atoms with Crippen molar-refractivity contribution in [3.8, 4) is 11.5 Å². The number of H-pyrrole nitrogens is 1. The van der Waals surface area contributed by atoms with E-state index in [0.29, 0.717) is 34.8 Å². The van der Waals surface area contributed by atoms with Crippen molar-refractivity contribution in [2.24, 2.45) is 0 Å². The first-order valence-electron chi connectivity index (χ1n) is 8.43. The second-order valence-electron chi connectivity index (χ2n) is 6.25. The summed E-state index contributed by atoms with van der Waals surface area (Å²) in [6.45, 7) is 2.70. The number of aromatic nitrogens is 2. The normalized spacial score (nSPS) is 12.3. The van der Waals surface area contributed by atoms with E-state index in [2.05, 4.69) is 14.9 Å². The molecule has 6 heteroatoms. The molecule has 1 N–H and O–H groups in total. The summed E-state index contributed by atoms with van der Waals surface area (Å²) in [5, 5.41) is 0.603. The molecule has 2 aromatic carbocycles. The Labute approximate surface area is 152 Å². The highest BCUT2D eigenvalue weighted by molar-refractivity contribution is 5.77. The van der Waals surface area contributed by atoms with Gasteiger partial charge in [0, 0.05) is 6.54 Å². The van der Waals surface area contributed by atoms with Gasteiger partial charge in [0.15, 0.2) is 11.5 Å². The van der Waals surface area contributed by atoms with Gasteiger partial charge in [-0.05, 0) is 43.8 Å². The van der Waals surface area contributed by atoms with Crippen LogP contribution in [0.3, 0.4) is 0 Å². The van der Waals surface area contributed by atoms with Gasteiger partial charge >= 0.3 is 0 Å². The van der Waals surface area contributed by atoms with Gasteiger partial charge in [0.05, 0.1) is 31.2 Å². The number of aromatic amines is 1. The van der Waals surface area contributed by atoms with Crippen LogP contribution in [0.2, 0.25) is 0 Å². The molecular weight excluding hydrogens is 330 g/mol. The van der Waals surface area contributed by atoms with Crippen molar-refractivity contribution in [2.45, 2.75) is 19.5 Å². The summed E-state index contributed by atoms with van der Waals surface area (Å²) in [6.07, 6.45) is 0. The van der Waals surface area contributed by atoms with Crippen LogP contribution in [0.15, 0.2) is 47.3 Å². The molecule has 6 nitrogen and oxygen atoms in total. The standard InChI is InChI=1S/C20H23N3O3/c1-13(19-21-16-8-6-5-7-15(16)20(24)22-19)23(2)12-14-9-10-17(25-3)18(11-14)26-4/h5-11,13H,12H2,1-4H3,(H,21,22,24). The summed E-state index contributed by atoms with van der Waals surface area (Å²) in [7, 11) is 5.24. The molecule has 0 saturated heterocycles. The highest BCUT2D eigenvalue weighted by Crippen LogP contribution is 2.28. The van der Waals surface area contributed by atoms with E-state index < -0.39 is 0 Å². The molecule has 0 bridgehead atoms. The third kappa shape index (κ3) is 3.55. The number of methoxy groups -OCH3 is 2. The third-order valence-corrected chi connectivity index (χ3v) is 4.57. The molecule has 26 heavy (non-hydrogen) atoms. The van der Waals surface area contributed by atoms with E-state index in [4.69, 9.17) is 9.47 Å². The van der Waals surface area contributed by atoms with Gasteiger partial charge in [-0.1, -0.05) is 18.2 Å². The second kappa shape index (κ2) is 7.58. The van der Waals surface area contributed by atoms with Crippen LogP contribution in [0.4, 0.5) is 0 Å². The molecule has 1 unspecified atom stereocenters. The van der Waals surface area contributed by atoms with E-state index in [1.54, 1.807) is 20.3 Å². The number of nitrogens with zero attached hydrogens (tertiary/aromatic N) is 2. The highest BCUT2D eigenvalue weighted by atomic mass is 16.5. The fourth-order valence-electron chi connectivity index (χ4n) is 2.92. The third-order valence-electron chi connectivity index (χ3n) is 4.57. The van der Waals surface area contributed by atoms with Gasteiger partial charge in [0.25, 0.3) is 5.56 Å². The maximum atomic E-state index is 12.3. The Kier molecular flexibility index (Phi) is 5.23. The molecule has 1 heterocycles. The van der Waals surface area contributed by atoms with Gasteiger partial charge in [-0.2, -0.15) is 0 Å². The number of hydrogen-bond donors (Lipinski definition) is 1. The topological polar surface area (TPSA) is 67.5 Å². The van der Waals surface area contributed by atoms with Crippen LogP contribution in [0.25, 0.3) is 10.9 Å². The molecule has 0 radical (unpaired) electrons. The van der Waals surface area contributed by atoms with Gasteiger partial charge in [-0.25, -0.2) is 4.98 Å². The minimum atomic E-state index is -0.114. The molecule has 0 saturated carbocycles. The van der Waals surface area contributed by atoms with Crippen molar-refractivity contribution in [1.29, 1.82) is 0 Å². The first kappa shape index (κ1) is 17.9. The molecule has 3 rings (SSSR count). The average Bonchev–Trinajstić information content (AvgIpc) is 2.67. The first-order chi connectivity index (χ1) is 12.5. The zero-order chi connectivity index (χ0) is 18.7. The number of hydrogen-bond acceptors (Lipinski definition) is 5. The van der Waals surface area contributed by atoms with Gasteiger partial charge in [-0.15, -0.1) is 0 Å². The van der Waals surface area contributed by atoms with E-state index in [1.807, 2.05) is 50.4 Å². The first-order valence-corrected chi connectivity index (χ1v) is 8.43. The predicted octanol–water partition coefficient (Wildman–Crippen LogP) is 3.13. The van der Waals surface area contributed by atoms with E-state index in [9.17, 15) is 4.79 Å². The fourth-order valence-corrected chi connectivity index (χ4v) is 2.92. The van der Waals surface area contributed by atoms with Gasteiger partial charge in [0.2, 0.25) is 0 Å². The molecule has 0 aliphatic carbocycles. The molecule has 3 aromatic rings. The zero-order valence-corrected chi connectivity index (χ0v) is 15.4. The molecule has 1 atom stereocenters. The predicted molar refractivity (Wildman–Crippen MR) is 102 cm³/mol. The molecule has 0 amide bonds. The molecule has 1 aromatic heterocycles. The van der Waals surface area contributed by atoms with Crippen LogP contribution in [0.5, 0.6) is 11.5 Å². The Morgan fingerprint density at radius 3 is 2.58 bits per heavy atom. The Hall–Kier alpha value is -2.86. The Bertz CT molecular complexity index is 968. The lowest BCUT2D eigenvalue weighted by atomic mass is 10.1. The van der Waals surface area contributed by atoms with Crippen LogP contribution < -0.4 is 15.0 Å². The fraction of sp³-hybridized carbons (Fsp3) is 0.300. The summed E-state index contributed by atoms with van der Waals surface area (Å²) in [6, 6.07) is 13.2. The largest absolute Gasteiger partial charge is 0.493 e. The highest BCUT2D eigenvalue weighted by Gasteiger charge is 2.16. The van der Waals surface area contributed by atoms with E-state index >= 15 is 0 Å². The lowest BCUT2D eigenvalue weighted by Crippen LogP contribution is -2.26. The van der Waals surface area contributed by atoms with Gasteiger partial charge in [-0.3, -0.25) is 9.69 Å². The number of rotatable bonds is 6. The Morgan fingerprint density at radius 1 is 1.12 bits per heavy atom. The summed E-state index contributed by atoms with van der Waals surface area (Å²) in [5.74, 6) is 2.05. The lowest BCUT2D eigenvalue weighted by molar-refractivity contribution is 0.243. The van der Waals surface area contributed by atoms with Crippen molar-refractivity contribution in [1.82, 2.24) is 14.9 Å². The SMILES string of the molecule is COc1ccc(CN(C)C(C)c2nc3ccccc3c(=O)[nH]2)cc1OC. The number of benzene rings is 2. The molecule has 0 aliphatic heterocycles. The van der Waals surface area contributed by atoms with Crippen LogP contribution in [0, 0.1) is 0 Å². The minimum absolute atomic E-state index is 0.0552. The van der Waals surface area contributed by atoms with Crippen LogP contribution in [0.1, 0.15) is 24.4 Å². The molecular formula is C20H23N3O3. The molecule has 0 spiro atoms. The molecule has 0 fully saturated rings. The average molecular weight is 353 g/mol. The molecule has 136 valence electrons. The lowest BCUT2D eigenvalue weighted by Gasteiger charge is -2.24. The number of nitrogens with one attached hydrogen (secondary N) is 1. The van der Waals surface area contributed by atoms with Crippen LogP contribution in [-0.4, -0.2) is 36.1 Å². The number of fused-ring (bicyclic) bond motifs is 1. The maximum Gasteiger partial charge on any atom is 0.258 e. The zero-order valence-electron chi connectivity index (χ0n) is 15.4. The molecule has 0 aliphatic rings. The maximum absolute atomic E-state index is 12.3. The summed E-state index contributed by atoms with van der Waals surface area (Å²) < 4.78 is 10.6. The Balaban J connectivity index is 1.84. The minimum Gasteiger partial charge on any atom is -0.493 e. The van der Waals surface area contributed by atoms with Crippen molar-refractivity contribution in [3.63, 3.8) is 0 Å².